The first-order chi connectivity index (χ1) is 16.8. The van der Waals surface area contributed by atoms with Gasteiger partial charge in [-0.2, -0.15) is 5.26 Å². The number of rotatable bonds is 7. The van der Waals surface area contributed by atoms with Crippen LogP contribution in [0.25, 0.3) is 17.1 Å². The van der Waals surface area contributed by atoms with Crippen LogP contribution < -0.4 is 15.9 Å². The van der Waals surface area contributed by atoms with E-state index < -0.39 is 0 Å². The molecular weight excluding hydrogens is 469 g/mol. The van der Waals surface area contributed by atoms with Gasteiger partial charge in [-0.15, -0.1) is 10.2 Å². The normalized spacial score (nSPS) is 10.7. The number of nitrogens with two attached hydrogens (primary N) is 1. The average Bonchev–Trinajstić information content (AvgIpc) is 3.34. The maximum absolute atomic E-state index is 13.2. The minimum Gasteiger partial charge on any atom is -0.497 e. The Balaban J connectivity index is 1.54. The van der Waals surface area contributed by atoms with Crippen LogP contribution in [0.4, 0.5) is 10.2 Å². The molecule has 2 aromatic heterocycles. The number of carbonyl (C=O) groups is 1. The number of nitrogens with zero attached hydrogens (tertiary/aromatic N) is 5. The summed E-state index contributed by atoms with van der Waals surface area (Å²) in [4.78, 5) is 12.9. The number of halogens is 1. The molecule has 0 atom stereocenters. The SMILES string of the molecule is COc1ccc(-n2c(C)c(C)c(C#N)c2NC(=O)CSc2nnc(-c3ccc(F)cc3)n2N)cc1. The zero-order valence-electron chi connectivity index (χ0n) is 19.2. The molecule has 4 aromatic rings. The summed E-state index contributed by atoms with van der Waals surface area (Å²) in [5.41, 5.74) is 3.37. The second-order valence-electron chi connectivity index (χ2n) is 7.60. The van der Waals surface area contributed by atoms with Gasteiger partial charge in [-0.25, -0.2) is 9.07 Å². The molecule has 0 aliphatic heterocycles. The van der Waals surface area contributed by atoms with Crippen molar-refractivity contribution in [1.29, 1.82) is 5.26 Å². The van der Waals surface area contributed by atoms with Crippen LogP contribution in [0.15, 0.2) is 53.7 Å². The lowest BCUT2D eigenvalue weighted by atomic mass is 10.2. The standard InChI is InChI=1S/C24H22FN7O2S/c1-14-15(2)31(18-8-10-19(34-3)11-9-18)23(20(14)12-26)28-21(33)13-35-24-30-29-22(32(24)27)16-4-6-17(25)7-5-16/h4-11H,13,27H2,1-3H3,(H,28,33). The molecule has 0 saturated heterocycles. The molecule has 178 valence electrons. The molecule has 0 aliphatic rings. The molecule has 0 saturated carbocycles. The van der Waals surface area contributed by atoms with Crippen molar-refractivity contribution >= 4 is 23.5 Å². The quantitative estimate of drug-likeness (QED) is 0.298. The minimum absolute atomic E-state index is 0.0183. The lowest BCUT2D eigenvalue weighted by molar-refractivity contribution is -0.113. The van der Waals surface area contributed by atoms with Gasteiger partial charge in [0.15, 0.2) is 5.82 Å². The number of hydrogen-bond acceptors (Lipinski definition) is 7. The molecule has 0 bridgehead atoms. The van der Waals surface area contributed by atoms with Gasteiger partial charge in [0.2, 0.25) is 11.1 Å². The predicted molar refractivity (Wildman–Crippen MR) is 131 cm³/mol. The fraction of sp³-hybridized carbons (Fsp3) is 0.167. The Kier molecular flexibility index (Phi) is 6.75. The molecule has 3 N–H and O–H groups in total. The van der Waals surface area contributed by atoms with Crippen LogP contribution in [0.1, 0.15) is 16.8 Å². The number of hydrogen-bond donors (Lipinski definition) is 2. The topological polar surface area (TPSA) is 124 Å². The molecule has 9 nitrogen and oxygen atoms in total. The average molecular weight is 492 g/mol. The minimum atomic E-state index is -0.371. The zero-order valence-corrected chi connectivity index (χ0v) is 20.1. The molecular formula is C24H22FN7O2S. The molecule has 11 heteroatoms. The van der Waals surface area contributed by atoms with Crippen LogP contribution in [-0.4, -0.2) is 38.2 Å². The summed E-state index contributed by atoms with van der Waals surface area (Å²) < 4.78 is 21.5. The van der Waals surface area contributed by atoms with Gasteiger partial charge in [0.25, 0.3) is 0 Å². The summed E-state index contributed by atoms with van der Waals surface area (Å²) >= 11 is 1.09. The van der Waals surface area contributed by atoms with E-state index in [1.807, 2.05) is 42.7 Å². The van der Waals surface area contributed by atoms with E-state index in [1.54, 1.807) is 19.2 Å². The molecule has 0 aliphatic carbocycles. The van der Waals surface area contributed by atoms with Gasteiger partial charge in [0, 0.05) is 16.9 Å². The maximum Gasteiger partial charge on any atom is 0.236 e. The Labute approximate surface area is 205 Å². The summed E-state index contributed by atoms with van der Waals surface area (Å²) in [5.74, 6) is 6.79. The predicted octanol–water partition coefficient (Wildman–Crippen LogP) is 3.82. The molecule has 1 amide bonds. The summed E-state index contributed by atoms with van der Waals surface area (Å²) in [7, 11) is 1.59. The second-order valence-corrected chi connectivity index (χ2v) is 8.54. The number of benzene rings is 2. The first kappa shape index (κ1) is 23.8. The number of anilines is 1. The Morgan fingerprint density at radius 3 is 2.49 bits per heavy atom. The van der Waals surface area contributed by atoms with E-state index in [-0.39, 0.29) is 17.5 Å². The number of thioether (sulfide) groups is 1. The van der Waals surface area contributed by atoms with Crippen LogP contribution in [-0.2, 0) is 4.79 Å². The molecule has 2 heterocycles. The van der Waals surface area contributed by atoms with Gasteiger partial charge < -0.3 is 15.9 Å². The molecule has 0 radical (unpaired) electrons. The Hall–Kier alpha value is -4.30. The number of nitriles is 1. The number of nitrogen functional groups attached to an aromatic ring is 1. The Bertz CT molecular complexity index is 1420. The molecule has 0 fully saturated rings. The van der Waals surface area contributed by atoms with Crippen molar-refractivity contribution in [2.45, 2.75) is 19.0 Å². The molecule has 2 aromatic carbocycles. The van der Waals surface area contributed by atoms with E-state index >= 15 is 0 Å². The van der Waals surface area contributed by atoms with Crippen molar-refractivity contribution in [3.63, 3.8) is 0 Å². The van der Waals surface area contributed by atoms with Gasteiger partial charge in [-0.3, -0.25) is 9.36 Å². The monoisotopic (exact) mass is 491 g/mol. The molecule has 0 unspecified atom stereocenters. The van der Waals surface area contributed by atoms with Crippen molar-refractivity contribution in [3.8, 4) is 28.9 Å². The number of amides is 1. The first-order valence-electron chi connectivity index (χ1n) is 10.5. The van der Waals surface area contributed by atoms with E-state index in [0.717, 1.165) is 28.7 Å². The van der Waals surface area contributed by atoms with Crippen LogP contribution in [0, 0.1) is 31.0 Å². The second kappa shape index (κ2) is 9.90. The van der Waals surface area contributed by atoms with Crippen LogP contribution in [0.3, 0.4) is 0 Å². The van der Waals surface area contributed by atoms with Crippen molar-refractivity contribution in [2.75, 3.05) is 24.0 Å². The van der Waals surface area contributed by atoms with E-state index in [1.165, 1.54) is 16.8 Å². The van der Waals surface area contributed by atoms with Crippen LogP contribution in [0.2, 0.25) is 0 Å². The maximum atomic E-state index is 13.2. The van der Waals surface area contributed by atoms with E-state index in [9.17, 15) is 14.4 Å². The number of ether oxygens (including phenoxy) is 1. The van der Waals surface area contributed by atoms with Crippen molar-refractivity contribution in [2.24, 2.45) is 0 Å². The summed E-state index contributed by atoms with van der Waals surface area (Å²) in [6.45, 7) is 3.73. The fourth-order valence-corrected chi connectivity index (χ4v) is 4.24. The Morgan fingerprint density at radius 1 is 1.17 bits per heavy atom. The lowest BCUT2D eigenvalue weighted by Gasteiger charge is -2.13. The summed E-state index contributed by atoms with van der Waals surface area (Å²) in [6.07, 6.45) is 0. The first-order valence-corrected chi connectivity index (χ1v) is 11.5. The van der Waals surface area contributed by atoms with E-state index in [2.05, 4.69) is 21.6 Å². The smallest absolute Gasteiger partial charge is 0.236 e. The van der Waals surface area contributed by atoms with Crippen molar-refractivity contribution in [3.05, 3.63) is 71.2 Å². The highest BCUT2D eigenvalue weighted by Crippen LogP contribution is 2.31. The number of aromatic nitrogens is 4. The highest BCUT2D eigenvalue weighted by atomic mass is 32.2. The van der Waals surface area contributed by atoms with Gasteiger partial charge >= 0.3 is 0 Å². The number of methoxy groups -OCH3 is 1. The van der Waals surface area contributed by atoms with E-state index in [4.69, 9.17) is 10.6 Å². The third-order valence-corrected chi connectivity index (χ3v) is 6.46. The third-order valence-electron chi connectivity index (χ3n) is 5.51. The molecule has 35 heavy (non-hydrogen) atoms. The molecule has 4 rings (SSSR count). The zero-order chi connectivity index (χ0) is 25.1. The number of nitrogens with one attached hydrogen (secondary N) is 1. The number of carbonyl (C=O) groups excluding carboxylic acids is 1. The van der Waals surface area contributed by atoms with Crippen LogP contribution in [0.5, 0.6) is 5.75 Å². The van der Waals surface area contributed by atoms with Gasteiger partial charge in [0.1, 0.15) is 23.5 Å². The van der Waals surface area contributed by atoms with Gasteiger partial charge in [0.05, 0.1) is 18.4 Å². The van der Waals surface area contributed by atoms with Gasteiger partial charge in [-0.05, 0) is 67.9 Å². The lowest BCUT2D eigenvalue weighted by Crippen LogP contribution is -2.19. The van der Waals surface area contributed by atoms with Crippen molar-refractivity contribution in [1.82, 2.24) is 19.4 Å². The van der Waals surface area contributed by atoms with Gasteiger partial charge in [-0.1, -0.05) is 11.8 Å². The third kappa shape index (κ3) is 4.69. The summed E-state index contributed by atoms with van der Waals surface area (Å²) in [5, 5.41) is 21.0. The Morgan fingerprint density at radius 2 is 1.86 bits per heavy atom. The highest BCUT2D eigenvalue weighted by molar-refractivity contribution is 7.99. The fourth-order valence-electron chi connectivity index (χ4n) is 3.58. The molecule has 0 spiro atoms. The van der Waals surface area contributed by atoms with E-state index in [0.29, 0.717) is 33.7 Å². The largest absolute Gasteiger partial charge is 0.497 e. The van der Waals surface area contributed by atoms with Crippen LogP contribution >= 0.6 is 11.8 Å². The summed E-state index contributed by atoms with van der Waals surface area (Å²) in [6, 6.07) is 15.2. The van der Waals surface area contributed by atoms with Crippen molar-refractivity contribution < 1.29 is 13.9 Å². The highest BCUT2D eigenvalue weighted by Gasteiger charge is 2.21.